The third kappa shape index (κ3) is 3.50. The first-order valence-corrected chi connectivity index (χ1v) is 6.82. The molecule has 18 heavy (non-hydrogen) atoms. The predicted octanol–water partition coefficient (Wildman–Crippen LogP) is 2.54. The minimum atomic E-state index is -1.98. The van der Waals surface area contributed by atoms with E-state index in [9.17, 15) is 4.21 Å². The summed E-state index contributed by atoms with van der Waals surface area (Å²) in [6.45, 7) is 0.428. The average molecular weight is 261 g/mol. The van der Waals surface area contributed by atoms with Crippen molar-refractivity contribution in [3.8, 4) is 0 Å². The zero-order chi connectivity index (χ0) is 12.8. The zero-order valence-electron chi connectivity index (χ0n) is 9.82. The minimum Gasteiger partial charge on any atom is -0.294 e. The fraction of sp³-hybridized carbons (Fsp3) is 0.143. The van der Waals surface area contributed by atoms with Gasteiger partial charge in [-0.2, -0.15) is 0 Å². The van der Waals surface area contributed by atoms with Crippen molar-refractivity contribution in [2.75, 3.05) is 6.54 Å². The molecule has 2 aromatic rings. The maximum Gasteiger partial charge on any atom is 0.231 e. The molecule has 0 aromatic heterocycles. The fourth-order valence-electron chi connectivity index (χ4n) is 1.95. The van der Waals surface area contributed by atoms with Crippen molar-refractivity contribution in [1.82, 2.24) is 4.72 Å². The van der Waals surface area contributed by atoms with Crippen LogP contribution in [0.25, 0.3) is 0 Å². The molecule has 0 amide bonds. The van der Waals surface area contributed by atoms with Gasteiger partial charge in [-0.15, -0.1) is 0 Å². The Morgan fingerprint density at radius 2 is 1.39 bits per heavy atom. The second-order valence-corrected chi connectivity index (χ2v) is 4.76. The Hall–Kier alpha value is -1.49. The van der Waals surface area contributed by atoms with Crippen LogP contribution >= 0.6 is 0 Å². The van der Waals surface area contributed by atoms with Crippen molar-refractivity contribution < 1.29 is 8.76 Å². The molecule has 4 heteroatoms. The van der Waals surface area contributed by atoms with Crippen molar-refractivity contribution in [3.05, 3.63) is 71.8 Å². The summed E-state index contributed by atoms with van der Waals surface area (Å²) in [4.78, 5) is 0. The summed E-state index contributed by atoms with van der Waals surface area (Å²) in [6.07, 6.45) is 0. The van der Waals surface area contributed by atoms with E-state index in [2.05, 4.69) is 4.72 Å². The van der Waals surface area contributed by atoms with E-state index >= 15 is 0 Å². The molecule has 0 aliphatic heterocycles. The van der Waals surface area contributed by atoms with E-state index in [1.54, 1.807) is 0 Å². The number of rotatable bonds is 5. The summed E-state index contributed by atoms with van der Waals surface area (Å²) in [6, 6.07) is 19.9. The van der Waals surface area contributed by atoms with E-state index in [1.165, 1.54) is 0 Å². The smallest absolute Gasteiger partial charge is 0.231 e. The molecule has 0 spiro atoms. The van der Waals surface area contributed by atoms with Gasteiger partial charge in [0.2, 0.25) is 11.3 Å². The fourth-order valence-corrected chi connectivity index (χ4v) is 2.26. The minimum absolute atomic E-state index is 0.0727. The van der Waals surface area contributed by atoms with Crippen LogP contribution in [-0.2, 0) is 11.3 Å². The van der Waals surface area contributed by atoms with Gasteiger partial charge in [0, 0.05) is 12.5 Å². The second kappa shape index (κ2) is 6.44. The summed E-state index contributed by atoms with van der Waals surface area (Å²) in [5, 5.41) is 0. The molecule has 2 N–H and O–H groups in total. The SMILES string of the molecule is O=S(O)NCC(c1ccccc1)c1ccccc1. The van der Waals surface area contributed by atoms with Gasteiger partial charge in [0.1, 0.15) is 0 Å². The number of hydrogen-bond acceptors (Lipinski definition) is 1. The quantitative estimate of drug-likeness (QED) is 0.813. The topological polar surface area (TPSA) is 49.3 Å². The Labute approximate surface area is 109 Å². The Morgan fingerprint density at radius 3 is 1.78 bits per heavy atom. The molecule has 0 aliphatic carbocycles. The van der Waals surface area contributed by atoms with Crippen LogP contribution in [0.2, 0.25) is 0 Å². The maximum absolute atomic E-state index is 10.8. The van der Waals surface area contributed by atoms with Crippen molar-refractivity contribution in [2.24, 2.45) is 0 Å². The number of hydrogen-bond donors (Lipinski definition) is 2. The molecule has 94 valence electrons. The predicted molar refractivity (Wildman–Crippen MR) is 73.5 cm³/mol. The van der Waals surface area contributed by atoms with E-state index in [4.69, 9.17) is 4.55 Å². The van der Waals surface area contributed by atoms with Gasteiger partial charge in [0.25, 0.3) is 0 Å². The standard InChI is InChI=1S/C14H15NO2S/c16-18(17)15-11-14(12-7-3-1-4-8-12)13-9-5-2-6-10-13/h1-10,14-15H,11H2,(H,16,17). The highest BCUT2D eigenvalue weighted by Gasteiger charge is 2.14. The second-order valence-electron chi connectivity index (χ2n) is 3.97. The highest BCUT2D eigenvalue weighted by Crippen LogP contribution is 2.23. The van der Waals surface area contributed by atoms with E-state index in [0.29, 0.717) is 6.54 Å². The van der Waals surface area contributed by atoms with Crippen molar-refractivity contribution >= 4 is 11.3 Å². The van der Waals surface area contributed by atoms with Crippen LogP contribution in [0.5, 0.6) is 0 Å². The first-order chi connectivity index (χ1) is 8.77. The lowest BCUT2D eigenvalue weighted by Crippen LogP contribution is -2.23. The lowest BCUT2D eigenvalue weighted by atomic mass is 9.92. The van der Waals surface area contributed by atoms with Crippen LogP contribution in [0.4, 0.5) is 0 Å². The molecule has 0 saturated heterocycles. The molecule has 3 nitrogen and oxygen atoms in total. The molecular weight excluding hydrogens is 246 g/mol. The van der Waals surface area contributed by atoms with Crippen LogP contribution in [0.15, 0.2) is 60.7 Å². The van der Waals surface area contributed by atoms with Gasteiger partial charge >= 0.3 is 0 Å². The van der Waals surface area contributed by atoms with Gasteiger partial charge in [0.05, 0.1) is 0 Å². The van der Waals surface area contributed by atoms with Gasteiger partial charge in [-0.3, -0.25) is 4.55 Å². The van der Waals surface area contributed by atoms with Crippen LogP contribution in [0.1, 0.15) is 17.0 Å². The molecule has 0 heterocycles. The van der Waals surface area contributed by atoms with Gasteiger partial charge in [-0.25, -0.2) is 8.93 Å². The molecule has 0 fully saturated rings. The first kappa shape index (κ1) is 13.0. The molecule has 1 unspecified atom stereocenters. The van der Waals surface area contributed by atoms with Crippen molar-refractivity contribution in [3.63, 3.8) is 0 Å². The van der Waals surface area contributed by atoms with Gasteiger partial charge in [-0.1, -0.05) is 60.7 Å². The first-order valence-electron chi connectivity index (χ1n) is 5.71. The van der Waals surface area contributed by atoms with Gasteiger partial charge in [0.15, 0.2) is 0 Å². The van der Waals surface area contributed by atoms with E-state index in [0.717, 1.165) is 11.1 Å². The Morgan fingerprint density at radius 1 is 0.944 bits per heavy atom. The molecule has 0 saturated carbocycles. The number of nitrogens with one attached hydrogen (secondary N) is 1. The Bertz CT molecular complexity index is 462. The summed E-state index contributed by atoms with van der Waals surface area (Å²) >= 11 is -1.98. The van der Waals surface area contributed by atoms with Gasteiger partial charge in [-0.05, 0) is 11.1 Å². The Balaban J connectivity index is 2.26. The zero-order valence-corrected chi connectivity index (χ0v) is 10.6. The molecule has 1 atom stereocenters. The summed E-state index contributed by atoms with van der Waals surface area (Å²) in [7, 11) is 0. The largest absolute Gasteiger partial charge is 0.294 e. The highest BCUT2D eigenvalue weighted by atomic mass is 32.2. The normalized spacial score (nSPS) is 12.6. The van der Waals surface area contributed by atoms with Gasteiger partial charge < -0.3 is 0 Å². The van der Waals surface area contributed by atoms with Crippen LogP contribution in [0.3, 0.4) is 0 Å². The number of benzene rings is 2. The average Bonchev–Trinajstić information content (AvgIpc) is 2.41. The van der Waals surface area contributed by atoms with Crippen molar-refractivity contribution in [2.45, 2.75) is 5.92 Å². The van der Waals surface area contributed by atoms with Crippen LogP contribution in [0, 0.1) is 0 Å². The molecular formula is C14H15NO2S. The van der Waals surface area contributed by atoms with Crippen LogP contribution in [-0.4, -0.2) is 15.3 Å². The van der Waals surface area contributed by atoms with E-state index in [-0.39, 0.29) is 5.92 Å². The summed E-state index contributed by atoms with van der Waals surface area (Å²) < 4.78 is 22.2. The lowest BCUT2D eigenvalue weighted by molar-refractivity contribution is 0.545. The Kier molecular flexibility index (Phi) is 4.64. The third-order valence-corrected chi connectivity index (χ3v) is 3.23. The molecule has 2 rings (SSSR count). The highest BCUT2D eigenvalue weighted by molar-refractivity contribution is 7.77. The van der Waals surface area contributed by atoms with E-state index in [1.807, 2.05) is 60.7 Å². The molecule has 0 radical (unpaired) electrons. The van der Waals surface area contributed by atoms with Crippen molar-refractivity contribution in [1.29, 1.82) is 0 Å². The molecule has 0 bridgehead atoms. The lowest BCUT2D eigenvalue weighted by Gasteiger charge is -2.17. The molecule has 2 aromatic carbocycles. The summed E-state index contributed by atoms with van der Waals surface area (Å²) in [5.41, 5.74) is 2.25. The van der Waals surface area contributed by atoms with Crippen LogP contribution < -0.4 is 4.72 Å². The molecule has 0 aliphatic rings. The third-order valence-electron chi connectivity index (χ3n) is 2.81. The van der Waals surface area contributed by atoms with E-state index < -0.39 is 11.3 Å². The summed E-state index contributed by atoms with van der Waals surface area (Å²) in [5.74, 6) is 0.0727. The monoisotopic (exact) mass is 261 g/mol. The maximum atomic E-state index is 10.8.